The molecule has 0 spiro atoms. The van der Waals surface area contributed by atoms with Gasteiger partial charge in [0.1, 0.15) is 0 Å². The second-order valence-corrected chi connectivity index (χ2v) is 6.62. The van der Waals surface area contributed by atoms with Gasteiger partial charge in [-0.2, -0.15) is 0 Å². The second-order valence-electron chi connectivity index (χ2n) is 5.59. The highest BCUT2D eigenvalue weighted by molar-refractivity contribution is 8.18. The summed E-state index contributed by atoms with van der Waals surface area (Å²) in [7, 11) is 2.91. The molecule has 0 aliphatic carbocycles. The number of aliphatic imine (C=N–C) groups is 1. The molecule has 1 amide bonds. The molecule has 1 aliphatic heterocycles. The van der Waals surface area contributed by atoms with Crippen LogP contribution in [0.4, 0.5) is 5.69 Å². The number of methoxy groups -OCH3 is 2. The van der Waals surface area contributed by atoms with Crippen molar-refractivity contribution in [3.05, 3.63) is 52.4 Å². The van der Waals surface area contributed by atoms with E-state index >= 15 is 0 Å². The summed E-state index contributed by atoms with van der Waals surface area (Å²) in [6.45, 7) is 2.00. The number of phenolic OH excluding ortho intramolecular Hbond substituents is 1. The Labute approximate surface area is 155 Å². The van der Waals surface area contributed by atoms with Gasteiger partial charge in [0.2, 0.25) is 5.75 Å². The summed E-state index contributed by atoms with van der Waals surface area (Å²) >= 11 is 1.25. The molecule has 0 bridgehead atoms. The van der Waals surface area contributed by atoms with Crippen LogP contribution >= 0.6 is 11.8 Å². The predicted octanol–water partition coefficient (Wildman–Crippen LogP) is 3.61. The molecule has 7 heteroatoms. The van der Waals surface area contributed by atoms with Crippen molar-refractivity contribution >= 4 is 34.6 Å². The zero-order chi connectivity index (χ0) is 18.7. The molecule has 0 saturated carbocycles. The number of nitrogens with one attached hydrogen (secondary N) is 1. The number of hydrogen-bond donors (Lipinski definition) is 2. The van der Waals surface area contributed by atoms with Crippen LogP contribution < -0.4 is 14.8 Å². The van der Waals surface area contributed by atoms with Crippen LogP contribution in [0.2, 0.25) is 0 Å². The number of hydrogen-bond acceptors (Lipinski definition) is 6. The van der Waals surface area contributed by atoms with Crippen molar-refractivity contribution in [1.82, 2.24) is 5.32 Å². The van der Waals surface area contributed by atoms with Gasteiger partial charge in [0.15, 0.2) is 16.7 Å². The maximum Gasteiger partial charge on any atom is 0.264 e. The Morgan fingerprint density at radius 2 is 1.73 bits per heavy atom. The number of thioether (sulfide) groups is 1. The maximum atomic E-state index is 12.2. The highest BCUT2D eigenvalue weighted by Crippen LogP contribution is 2.38. The van der Waals surface area contributed by atoms with Gasteiger partial charge in [0.25, 0.3) is 5.91 Å². The molecule has 134 valence electrons. The molecule has 2 aromatic carbocycles. The largest absolute Gasteiger partial charge is 0.502 e. The summed E-state index contributed by atoms with van der Waals surface area (Å²) in [5.41, 5.74) is 2.59. The van der Waals surface area contributed by atoms with Crippen LogP contribution in [0.1, 0.15) is 11.1 Å². The summed E-state index contributed by atoms with van der Waals surface area (Å²) in [4.78, 5) is 17.1. The number of carbonyl (C=O) groups excluding carboxylic acids is 1. The summed E-state index contributed by atoms with van der Waals surface area (Å²) in [5, 5.41) is 13.2. The van der Waals surface area contributed by atoms with Crippen LogP contribution in [0.3, 0.4) is 0 Å². The smallest absolute Gasteiger partial charge is 0.264 e. The van der Waals surface area contributed by atoms with E-state index in [-0.39, 0.29) is 23.2 Å². The molecule has 2 N–H and O–H groups in total. The van der Waals surface area contributed by atoms with E-state index in [1.807, 2.05) is 31.2 Å². The first-order chi connectivity index (χ1) is 12.5. The number of aryl methyl sites for hydroxylation is 1. The van der Waals surface area contributed by atoms with Gasteiger partial charge in [0.05, 0.1) is 24.8 Å². The average molecular weight is 370 g/mol. The Morgan fingerprint density at radius 1 is 1.12 bits per heavy atom. The minimum atomic E-state index is -0.230. The SMILES string of the molecule is COc1cc(C=C2SC(=Nc3ccc(C)cc3)NC2=O)cc(OC)c1O. The van der Waals surface area contributed by atoms with Gasteiger partial charge in [-0.3, -0.25) is 4.79 Å². The lowest BCUT2D eigenvalue weighted by Crippen LogP contribution is -2.19. The average Bonchev–Trinajstić information content (AvgIpc) is 2.97. The number of rotatable bonds is 4. The Kier molecular flexibility index (Phi) is 5.18. The number of carbonyl (C=O) groups is 1. The number of benzene rings is 2. The van der Waals surface area contributed by atoms with E-state index in [9.17, 15) is 9.90 Å². The van der Waals surface area contributed by atoms with Crippen LogP contribution in [-0.4, -0.2) is 30.4 Å². The highest BCUT2D eigenvalue weighted by Gasteiger charge is 2.24. The standard InChI is InChI=1S/C19H18N2O4S/c1-11-4-6-13(7-5-11)20-19-21-18(23)16(26-19)10-12-8-14(24-2)17(22)15(9-12)25-3/h4-10,22H,1-3H3,(H,20,21,23). The Hall–Kier alpha value is -2.93. The molecule has 1 fully saturated rings. The number of ether oxygens (including phenoxy) is 2. The van der Waals surface area contributed by atoms with Gasteiger partial charge in [-0.15, -0.1) is 0 Å². The third-order valence-electron chi connectivity index (χ3n) is 3.72. The van der Waals surface area contributed by atoms with Crippen molar-refractivity contribution in [3.63, 3.8) is 0 Å². The molecular weight excluding hydrogens is 352 g/mol. The van der Waals surface area contributed by atoms with Crippen molar-refractivity contribution in [1.29, 1.82) is 0 Å². The molecule has 0 radical (unpaired) electrons. The van der Waals surface area contributed by atoms with Gasteiger partial charge in [0, 0.05) is 0 Å². The Morgan fingerprint density at radius 3 is 2.31 bits per heavy atom. The molecule has 1 aliphatic rings. The first-order valence-corrected chi connectivity index (χ1v) is 8.63. The first-order valence-electron chi connectivity index (χ1n) is 7.81. The highest BCUT2D eigenvalue weighted by atomic mass is 32.2. The van der Waals surface area contributed by atoms with Crippen LogP contribution in [0.25, 0.3) is 6.08 Å². The number of amidine groups is 1. The monoisotopic (exact) mass is 370 g/mol. The third kappa shape index (κ3) is 3.83. The fourth-order valence-electron chi connectivity index (χ4n) is 2.37. The molecule has 0 aromatic heterocycles. The fraction of sp³-hybridized carbons (Fsp3) is 0.158. The van der Waals surface area contributed by atoms with Gasteiger partial charge < -0.3 is 19.9 Å². The zero-order valence-corrected chi connectivity index (χ0v) is 15.4. The van der Waals surface area contributed by atoms with E-state index in [0.29, 0.717) is 15.6 Å². The van der Waals surface area contributed by atoms with E-state index < -0.39 is 0 Å². The predicted molar refractivity (Wildman–Crippen MR) is 103 cm³/mol. The minimum absolute atomic E-state index is 0.0812. The number of phenols is 1. The number of aromatic hydroxyl groups is 1. The molecule has 1 saturated heterocycles. The van der Waals surface area contributed by atoms with Crippen LogP contribution in [-0.2, 0) is 4.79 Å². The molecule has 26 heavy (non-hydrogen) atoms. The second kappa shape index (κ2) is 7.53. The van der Waals surface area contributed by atoms with Gasteiger partial charge in [-0.1, -0.05) is 17.7 Å². The molecular formula is C19H18N2O4S. The van der Waals surface area contributed by atoms with Crippen molar-refractivity contribution in [3.8, 4) is 17.2 Å². The summed E-state index contributed by atoms with van der Waals surface area (Å²) in [5.74, 6) is 0.232. The Bertz CT molecular complexity index is 879. The van der Waals surface area contributed by atoms with Crippen molar-refractivity contribution in [2.75, 3.05) is 14.2 Å². The molecule has 0 atom stereocenters. The fourth-order valence-corrected chi connectivity index (χ4v) is 3.21. The van der Waals surface area contributed by atoms with E-state index in [1.54, 1.807) is 18.2 Å². The van der Waals surface area contributed by atoms with Crippen molar-refractivity contribution in [2.24, 2.45) is 4.99 Å². The van der Waals surface area contributed by atoms with E-state index in [2.05, 4.69) is 10.3 Å². The molecule has 3 rings (SSSR count). The molecule has 0 unspecified atom stereocenters. The van der Waals surface area contributed by atoms with Crippen LogP contribution in [0.15, 0.2) is 46.3 Å². The lowest BCUT2D eigenvalue weighted by atomic mass is 10.1. The van der Waals surface area contributed by atoms with E-state index in [1.165, 1.54) is 26.0 Å². The van der Waals surface area contributed by atoms with Crippen molar-refractivity contribution in [2.45, 2.75) is 6.92 Å². The normalized spacial score (nSPS) is 16.8. The number of amides is 1. The zero-order valence-electron chi connectivity index (χ0n) is 14.6. The quantitative estimate of drug-likeness (QED) is 0.804. The van der Waals surface area contributed by atoms with Crippen LogP contribution in [0.5, 0.6) is 17.2 Å². The maximum absolute atomic E-state index is 12.2. The lowest BCUT2D eigenvalue weighted by molar-refractivity contribution is -0.115. The third-order valence-corrected chi connectivity index (χ3v) is 4.63. The summed E-state index contributed by atoms with van der Waals surface area (Å²) in [6, 6.07) is 11.0. The molecule has 6 nitrogen and oxygen atoms in total. The van der Waals surface area contributed by atoms with E-state index in [0.717, 1.165) is 11.3 Å². The topological polar surface area (TPSA) is 80.2 Å². The van der Waals surface area contributed by atoms with Gasteiger partial charge in [-0.05, 0) is 54.6 Å². The van der Waals surface area contributed by atoms with Gasteiger partial charge in [-0.25, -0.2) is 4.99 Å². The number of nitrogens with zero attached hydrogens (tertiary/aromatic N) is 1. The van der Waals surface area contributed by atoms with Crippen LogP contribution in [0, 0.1) is 6.92 Å². The van der Waals surface area contributed by atoms with Gasteiger partial charge >= 0.3 is 0 Å². The lowest BCUT2D eigenvalue weighted by Gasteiger charge is -2.09. The Balaban J connectivity index is 1.88. The van der Waals surface area contributed by atoms with E-state index in [4.69, 9.17) is 9.47 Å². The first kappa shape index (κ1) is 17.9. The molecule has 1 heterocycles. The minimum Gasteiger partial charge on any atom is -0.502 e. The molecule has 2 aromatic rings. The van der Waals surface area contributed by atoms with Crippen molar-refractivity contribution < 1.29 is 19.4 Å². The summed E-state index contributed by atoms with van der Waals surface area (Å²) in [6.07, 6.45) is 1.70. The summed E-state index contributed by atoms with van der Waals surface area (Å²) < 4.78 is 10.3.